The SMILES string of the molecule is Oc1ccc2c(cnn2C2CCCCO2)c1Br. The van der Waals surface area contributed by atoms with Crippen LogP contribution in [0.25, 0.3) is 10.9 Å². The standard InChI is InChI=1S/C12H13BrN2O2/c13-12-8-7-14-15(9(8)4-5-10(12)16)11-3-1-2-6-17-11/h4-5,7,11,16H,1-3,6H2. The van der Waals surface area contributed by atoms with Crippen LogP contribution in [0.2, 0.25) is 0 Å². The molecule has 1 fully saturated rings. The van der Waals surface area contributed by atoms with Crippen molar-refractivity contribution in [3.8, 4) is 5.75 Å². The normalized spacial score (nSPS) is 20.9. The first-order valence-corrected chi connectivity index (χ1v) is 6.53. The van der Waals surface area contributed by atoms with Crippen LogP contribution in [0.15, 0.2) is 22.8 Å². The summed E-state index contributed by atoms with van der Waals surface area (Å²) in [7, 11) is 0. The molecule has 0 radical (unpaired) electrons. The van der Waals surface area contributed by atoms with Crippen molar-refractivity contribution in [2.24, 2.45) is 0 Å². The molecule has 5 heteroatoms. The van der Waals surface area contributed by atoms with Gasteiger partial charge in [0.05, 0.1) is 16.2 Å². The van der Waals surface area contributed by atoms with Crippen molar-refractivity contribution in [3.05, 3.63) is 22.8 Å². The number of benzene rings is 1. The highest BCUT2D eigenvalue weighted by Crippen LogP contribution is 2.34. The number of rotatable bonds is 1. The Kier molecular flexibility index (Phi) is 2.80. The number of aromatic nitrogens is 2. The molecule has 0 saturated carbocycles. The topological polar surface area (TPSA) is 47.3 Å². The van der Waals surface area contributed by atoms with Crippen LogP contribution in [0.3, 0.4) is 0 Å². The number of ether oxygens (including phenoxy) is 1. The lowest BCUT2D eigenvalue weighted by molar-refractivity contribution is -0.0366. The van der Waals surface area contributed by atoms with E-state index in [1.165, 1.54) is 6.42 Å². The summed E-state index contributed by atoms with van der Waals surface area (Å²) >= 11 is 3.37. The maximum atomic E-state index is 9.62. The Morgan fingerprint density at radius 1 is 1.41 bits per heavy atom. The molecule has 0 bridgehead atoms. The molecule has 1 atom stereocenters. The van der Waals surface area contributed by atoms with E-state index in [4.69, 9.17) is 4.74 Å². The van der Waals surface area contributed by atoms with Crippen LogP contribution >= 0.6 is 15.9 Å². The molecule has 17 heavy (non-hydrogen) atoms. The number of aromatic hydroxyl groups is 1. The largest absolute Gasteiger partial charge is 0.507 e. The van der Waals surface area contributed by atoms with Gasteiger partial charge in [0.1, 0.15) is 5.75 Å². The van der Waals surface area contributed by atoms with Gasteiger partial charge in [-0.1, -0.05) is 0 Å². The number of phenols is 1. The highest BCUT2D eigenvalue weighted by Gasteiger charge is 2.19. The smallest absolute Gasteiger partial charge is 0.150 e. The van der Waals surface area contributed by atoms with Crippen LogP contribution in [0.5, 0.6) is 5.75 Å². The molecule has 2 heterocycles. The molecular formula is C12H13BrN2O2. The lowest BCUT2D eigenvalue weighted by Crippen LogP contribution is -2.18. The zero-order valence-corrected chi connectivity index (χ0v) is 10.9. The van der Waals surface area contributed by atoms with Gasteiger partial charge in [-0.05, 0) is 47.3 Å². The predicted octanol–water partition coefficient (Wildman–Crippen LogP) is 3.20. The molecule has 1 aliphatic heterocycles. The van der Waals surface area contributed by atoms with E-state index in [1.807, 2.05) is 10.7 Å². The summed E-state index contributed by atoms with van der Waals surface area (Å²) in [4.78, 5) is 0. The van der Waals surface area contributed by atoms with Crippen molar-refractivity contribution in [2.75, 3.05) is 6.61 Å². The molecule has 2 aromatic rings. The maximum absolute atomic E-state index is 9.62. The summed E-state index contributed by atoms with van der Waals surface area (Å²) in [6.07, 6.45) is 5.08. The quantitative estimate of drug-likeness (QED) is 0.879. The van der Waals surface area contributed by atoms with Crippen LogP contribution in [0.1, 0.15) is 25.5 Å². The fraction of sp³-hybridized carbons (Fsp3) is 0.417. The summed E-state index contributed by atoms with van der Waals surface area (Å²) < 4.78 is 8.32. The molecule has 1 unspecified atom stereocenters. The molecule has 0 aliphatic carbocycles. The fourth-order valence-corrected chi connectivity index (χ4v) is 2.66. The van der Waals surface area contributed by atoms with Crippen molar-refractivity contribution in [2.45, 2.75) is 25.5 Å². The van der Waals surface area contributed by atoms with E-state index in [0.29, 0.717) is 4.47 Å². The highest BCUT2D eigenvalue weighted by atomic mass is 79.9. The number of nitrogens with zero attached hydrogens (tertiary/aromatic N) is 2. The molecule has 90 valence electrons. The molecule has 1 aromatic carbocycles. The number of hydrogen-bond donors (Lipinski definition) is 1. The fourth-order valence-electron chi connectivity index (χ4n) is 2.22. The molecule has 1 N–H and O–H groups in total. The Labute approximate surface area is 107 Å². The second-order valence-corrected chi connectivity index (χ2v) is 5.03. The Morgan fingerprint density at radius 2 is 2.29 bits per heavy atom. The zero-order chi connectivity index (χ0) is 11.8. The van der Waals surface area contributed by atoms with Crippen molar-refractivity contribution in [3.63, 3.8) is 0 Å². The summed E-state index contributed by atoms with van der Waals surface area (Å²) in [6.45, 7) is 0.797. The zero-order valence-electron chi connectivity index (χ0n) is 9.27. The van der Waals surface area contributed by atoms with Gasteiger partial charge in [0.25, 0.3) is 0 Å². The minimum atomic E-state index is 0.0256. The van der Waals surface area contributed by atoms with E-state index in [0.717, 1.165) is 30.4 Å². The Morgan fingerprint density at radius 3 is 3.06 bits per heavy atom. The van der Waals surface area contributed by atoms with Crippen LogP contribution in [0, 0.1) is 0 Å². The summed E-state index contributed by atoms with van der Waals surface area (Å²) in [5, 5.41) is 14.9. The first-order chi connectivity index (χ1) is 8.27. The van der Waals surface area contributed by atoms with Crippen molar-refractivity contribution >= 4 is 26.8 Å². The van der Waals surface area contributed by atoms with Gasteiger partial charge in [-0.3, -0.25) is 0 Å². The van der Waals surface area contributed by atoms with Crippen LogP contribution in [0.4, 0.5) is 0 Å². The van der Waals surface area contributed by atoms with Gasteiger partial charge in [0.2, 0.25) is 0 Å². The van der Waals surface area contributed by atoms with E-state index in [-0.39, 0.29) is 12.0 Å². The average Bonchev–Trinajstić information content (AvgIpc) is 2.79. The lowest BCUT2D eigenvalue weighted by atomic mass is 10.2. The maximum Gasteiger partial charge on any atom is 0.150 e. The van der Waals surface area contributed by atoms with Gasteiger partial charge in [-0.2, -0.15) is 5.10 Å². The molecule has 4 nitrogen and oxygen atoms in total. The minimum absolute atomic E-state index is 0.0256. The number of fused-ring (bicyclic) bond motifs is 1. The van der Waals surface area contributed by atoms with E-state index in [2.05, 4.69) is 21.0 Å². The molecule has 3 rings (SSSR count). The van der Waals surface area contributed by atoms with Crippen LogP contribution in [-0.4, -0.2) is 21.5 Å². The van der Waals surface area contributed by atoms with Crippen molar-refractivity contribution in [1.29, 1.82) is 0 Å². The number of halogens is 1. The number of phenolic OH excluding ortho intramolecular Hbond substituents is 1. The third-order valence-electron chi connectivity index (χ3n) is 3.12. The summed E-state index contributed by atoms with van der Waals surface area (Å²) in [6, 6.07) is 3.55. The molecule has 0 amide bonds. The Balaban J connectivity index is 2.08. The molecule has 1 saturated heterocycles. The second kappa shape index (κ2) is 4.31. The van der Waals surface area contributed by atoms with E-state index >= 15 is 0 Å². The molecule has 1 aliphatic rings. The van der Waals surface area contributed by atoms with Gasteiger partial charge in [-0.25, -0.2) is 4.68 Å². The van der Waals surface area contributed by atoms with Gasteiger partial charge < -0.3 is 9.84 Å². The summed E-state index contributed by atoms with van der Waals surface area (Å²) in [5.41, 5.74) is 0.988. The number of hydrogen-bond acceptors (Lipinski definition) is 3. The third kappa shape index (κ3) is 1.83. The average molecular weight is 297 g/mol. The van der Waals surface area contributed by atoms with Crippen LogP contribution in [-0.2, 0) is 4.74 Å². The third-order valence-corrected chi connectivity index (χ3v) is 3.96. The van der Waals surface area contributed by atoms with Crippen LogP contribution < -0.4 is 0 Å². The molecule has 1 aromatic heterocycles. The lowest BCUT2D eigenvalue weighted by Gasteiger charge is -2.23. The van der Waals surface area contributed by atoms with Crippen molar-refractivity contribution < 1.29 is 9.84 Å². The Hall–Kier alpha value is -1.07. The van der Waals surface area contributed by atoms with E-state index in [1.54, 1.807) is 12.3 Å². The Bertz CT molecular complexity index is 547. The van der Waals surface area contributed by atoms with E-state index in [9.17, 15) is 5.11 Å². The van der Waals surface area contributed by atoms with Gasteiger partial charge in [0, 0.05) is 12.0 Å². The first kappa shape index (κ1) is 11.0. The van der Waals surface area contributed by atoms with Gasteiger partial charge in [0.15, 0.2) is 6.23 Å². The first-order valence-electron chi connectivity index (χ1n) is 5.73. The molecular weight excluding hydrogens is 284 g/mol. The minimum Gasteiger partial charge on any atom is -0.507 e. The predicted molar refractivity (Wildman–Crippen MR) is 67.9 cm³/mol. The van der Waals surface area contributed by atoms with E-state index < -0.39 is 0 Å². The monoisotopic (exact) mass is 296 g/mol. The van der Waals surface area contributed by atoms with Gasteiger partial charge in [-0.15, -0.1) is 0 Å². The second-order valence-electron chi connectivity index (χ2n) is 4.24. The van der Waals surface area contributed by atoms with Gasteiger partial charge >= 0.3 is 0 Å². The van der Waals surface area contributed by atoms with Crippen molar-refractivity contribution in [1.82, 2.24) is 9.78 Å². The highest BCUT2D eigenvalue weighted by molar-refractivity contribution is 9.10. The molecule has 0 spiro atoms. The summed E-state index contributed by atoms with van der Waals surface area (Å²) in [5.74, 6) is 0.238.